The first kappa shape index (κ1) is 25.0. The molecule has 182 valence electrons. The first-order valence-electron chi connectivity index (χ1n) is 11.2. The van der Waals surface area contributed by atoms with E-state index >= 15 is 0 Å². The van der Waals surface area contributed by atoms with Gasteiger partial charge in [0, 0.05) is 52.1 Å². The molecule has 0 radical (unpaired) electrons. The van der Waals surface area contributed by atoms with Crippen molar-refractivity contribution in [2.24, 2.45) is 0 Å². The van der Waals surface area contributed by atoms with Crippen LogP contribution in [0.1, 0.15) is 22.9 Å². The second-order valence-corrected chi connectivity index (χ2v) is 8.15. The molecule has 1 aliphatic heterocycles. The monoisotopic (exact) mass is 461 g/mol. The Morgan fingerprint density at radius 3 is 2.30 bits per heavy atom. The molecule has 9 nitrogen and oxygen atoms in total. The number of hydrogen-bond donors (Lipinski definition) is 2. The summed E-state index contributed by atoms with van der Waals surface area (Å²) in [6.45, 7) is 6.22. The molecule has 33 heavy (non-hydrogen) atoms. The predicted molar refractivity (Wildman–Crippen MR) is 125 cm³/mol. The minimum absolute atomic E-state index is 0.0243. The maximum atomic E-state index is 13.6. The van der Waals surface area contributed by atoms with Crippen molar-refractivity contribution in [3.63, 3.8) is 0 Å². The number of aliphatic hydroxyl groups is 1. The van der Waals surface area contributed by atoms with Gasteiger partial charge in [-0.3, -0.25) is 14.6 Å². The smallest absolute Gasteiger partial charge is 0.259 e. The summed E-state index contributed by atoms with van der Waals surface area (Å²) < 4.78 is 17.7. The standard InChI is InChI=1S/C24H35N3O6/c1-17-15-19(29)22(24(30)27(17)12-14-31-2)23(26-9-7-25(8-10-26)11-13-28)18-5-6-20(32-3)21(16-18)33-4/h5-6,15-16,23,28-29H,7-14H2,1-4H3/t23-/m1/s1. The molecule has 2 N–H and O–H groups in total. The molecule has 1 fully saturated rings. The van der Waals surface area contributed by atoms with Crippen LogP contribution >= 0.6 is 0 Å². The number of piperazine rings is 1. The number of ether oxygens (including phenoxy) is 3. The van der Waals surface area contributed by atoms with Gasteiger partial charge in [0.25, 0.3) is 5.56 Å². The molecular weight excluding hydrogens is 426 g/mol. The van der Waals surface area contributed by atoms with Gasteiger partial charge in [0.1, 0.15) is 5.75 Å². The quantitative estimate of drug-likeness (QED) is 0.545. The summed E-state index contributed by atoms with van der Waals surface area (Å²) in [4.78, 5) is 18.0. The number of aromatic hydroxyl groups is 1. The van der Waals surface area contributed by atoms with Gasteiger partial charge in [-0.05, 0) is 30.7 Å². The number of benzene rings is 1. The van der Waals surface area contributed by atoms with Crippen LogP contribution in [-0.4, -0.2) is 91.8 Å². The van der Waals surface area contributed by atoms with Gasteiger partial charge in [0.2, 0.25) is 0 Å². The van der Waals surface area contributed by atoms with Crippen molar-refractivity contribution < 1.29 is 24.4 Å². The lowest BCUT2D eigenvalue weighted by Gasteiger charge is -2.39. The second kappa shape index (κ2) is 11.5. The molecular formula is C24H35N3O6. The second-order valence-electron chi connectivity index (χ2n) is 8.15. The molecule has 0 unspecified atom stereocenters. The highest BCUT2D eigenvalue weighted by Crippen LogP contribution is 2.37. The zero-order valence-corrected chi connectivity index (χ0v) is 19.9. The van der Waals surface area contributed by atoms with Crippen LogP contribution in [0.15, 0.2) is 29.1 Å². The van der Waals surface area contributed by atoms with Crippen LogP contribution < -0.4 is 15.0 Å². The molecule has 0 spiro atoms. The molecule has 1 aliphatic rings. The van der Waals surface area contributed by atoms with E-state index in [2.05, 4.69) is 9.80 Å². The van der Waals surface area contributed by atoms with Crippen molar-refractivity contribution in [1.82, 2.24) is 14.4 Å². The lowest BCUT2D eigenvalue weighted by Crippen LogP contribution is -2.49. The van der Waals surface area contributed by atoms with E-state index in [1.54, 1.807) is 38.9 Å². The highest BCUT2D eigenvalue weighted by molar-refractivity contribution is 5.48. The normalized spacial score (nSPS) is 16.0. The fourth-order valence-electron chi connectivity index (χ4n) is 4.46. The summed E-state index contributed by atoms with van der Waals surface area (Å²) in [6, 6.07) is 6.76. The number of β-amino-alcohol motifs (C(OH)–C–C–N with tert-alkyl or cyclic N) is 1. The van der Waals surface area contributed by atoms with Crippen LogP contribution in [0.3, 0.4) is 0 Å². The van der Waals surface area contributed by atoms with Crippen molar-refractivity contribution in [3.8, 4) is 17.2 Å². The third kappa shape index (κ3) is 5.50. The zero-order chi connectivity index (χ0) is 24.0. The van der Waals surface area contributed by atoms with Gasteiger partial charge < -0.3 is 29.0 Å². The molecule has 0 saturated carbocycles. The van der Waals surface area contributed by atoms with Crippen molar-refractivity contribution >= 4 is 0 Å². The first-order chi connectivity index (χ1) is 15.9. The lowest BCUT2D eigenvalue weighted by atomic mass is 9.95. The van der Waals surface area contributed by atoms with Gasteiger partial charge in [-0.25, -0.2) is 0 Å². The fourth-order valence-corrected chi connectivity index (χ4v) is 4.46. The van der Waals surface area contributed by atoms with Gasteiger partial charge in [0.05, 0.1) is 39.0 Å². The molecule has 0 aliphatic carbocycles. The van der Waals surface area contributed by atoms with E-state index in [1.807, 2.05) is 18.2 Å². The minimum Gasteiger partial charge on any atom is -0.507 e. The number of methoxy groups -OCH3 is 3. The Balaban J connectivity index is 2.11. The van der Waals surface area contributed by atoms with E-state index in [0.29, 0.717) is 55.5 Å². The van der Waals surface area contributed by atoms with E-state index in [4.69, 9.17) is 14.2 Å². The van der Waals surface area contributed by atoms with Gasteiger partial charge in [-0.1, -0.05) is 6.07 Å². The SMILES string of the molecule is COCCn1c(C)cc(O)c([C@@H](c2ccc(OC)c(OC)c2)N2CCN(CCO)CC2)c1=O. The molecule has 1 aromatic heterocycles. The Bertz CT molecular complexity index is 985. The van der Waals surface area contributed by atoms with Crippen LogP contribution in [0.4, 0.5) is 0 Å². The van der Waals surface area contributed by atoms with E-state index < -0.39 is 6.04 Å². The molecule has 2 heterocycles. The van der Waals surface area contributed by atoms with Gasteiger partial charge in [-0.15, -0.1) is 0 Å². The van der Waals surface area contributed by atoms with E-state index in [9.17, 15) is 15.0 Å². The molecule has 1 saturated heterocycles. The van der Waals surface area contributed by atoms with Crippen LogP contribution in [0, 0.1) is 6.92 Å². The van der Waals surface area contributed by atoms with E-state index in [-0.39, 0.29) is 17.9 Å². The van der Waals surface area contributed by atoms with Crippen molar-refractivity contribution in [2.75, 3.05) is 67.3 Å². The average Bonchev–Trinajstić information content (AvgIpc) is 2.82. The van der Waals surface area contributed by atoms with Crippen molar-refractivity contribution in [3.05, 3.63) is 51.4 Å². The minimum atomic E-state index is -0.469. The number of aliphatic hydroxyl groups excluding tert-OH is 1. The maximum absolute atomic E-state index is 13.6. The molecule has 1 atom stereocenters. The largest absolute Gasteiger partial charge is 0.507 e. The summed E-state index contributed by atoms with van der Waals surface area (Å²) in [5.74, 6) is 1.13. The maximum Gasteiger partial charge on any atom is 0.259 e. The Hall–Kier alpha value is -2.59. The number of hydrogen-bond acceptors (Lipinski definition) is 8. The van der Waals surface area contributed by atoms with Gasteiger partial charge >= 0.3 is 0 Å². The Morgan fingerprint density at radius 2 is 1.70 bits per heavy atom. The highest BCUT2D eigenvalue weighted by Gasteiger charge is 2.32. The average molecular weight is 462 g/mol. The van der Waals surface area contributed by atoms with Crippen LogP contribution in [0.25, 0.3) is 0 Å². The van der Waals surface area contributed by atoms with Gasteiger partial charge in [-0.2, -0.15) is 0 Å². The number of aryl methyl sites for hydroxylation is 1. The summed E-state index contributed by atoms with van der Waals surface area (Å²) in [6.07, 6.45) is 0. The Morgan fingerprint density at radius 1 is 1.00 bits per heavy atom. The Labute approximate surface area is 194 Å². The predicted octanol–water partition coefficient (Wildman–Crippen LogP) is 1.23. The topological polar surface area (TPSA) is 96.6 Å². The zero-order valence-electron chi connectivity index (χ0n) is 19.9. The van der Waals surface area contributed by atoms with E-state index in [1.165, 1.54) is 0 Å². The van der Waals surface area contributed by atoms with E-state index in [0.717, 1.165) is 18.7 Å². The lowest BCUT2D eigenvalue weighted by molar-refractivity contribution is 0.0930. The number of rotatable bonds is 10. The third-order valence-electron chi connectivity index (χ3n) is 6.23. The molecule has 0 amide bonds. The van der Waals surface area contributed by atoms with Crippen molar-refractivity contribution in [2.45, 2.75) is 19.5 Å². The number of pyridine rings is 1. The molecule has 9 heteroatoms. The van der Waals surface area contributed by atoms with Crippen LogP contribution in [0.2, 0.25) is 0 Å². The molecule has 0 bridgehead atoms. The van der Waals surface area contributed by atoms with Crippen LogP contribution in [-0.2, 0) is 11.3 Å². The fraction of sp³-hybridized carbons (Fsp3) is 0.542. The molecule has 2 aromatic rings. The third-order valence-corrected chi connectivity index (χ3v) is 6.23. The summed E-state index contributed by atoms with van der Waals surface area (Å²) in [5, 5.41) is 20.3. The summed E-state index contributed by atoms with van der Waals surface area (Å²) in [5.41, 5.74) is 1.61. The number of aromatic nitrogens is 1. The number of nitrogens with zero attached hydrogens (tertiary/aromatic N) is 3. The first-order valence-corrected chi connectivity index (χ1v) is 11.2. The summed E-state index contributed by atoms with van der Waals surface area (Å²) in [7, 11) is 4.75. The Kier molecular flexibility index (Phi) is 8.74. The van der Waals surface area contributed by atoms with Crippen molar-refractivity contribution in [1.29, 1.82) is 0 Å². The molecule has 3 rings (SSSR count). The highest BCUT2D eigenvalue weighted by atomic mass is 16.5. The molecule has 1 aromatic carbocycles. The van der Waals surface area contributed by atoms with Gasteiger partial charge in [0.15, 0.2) is 11.5 Å². The summed E-state index contributed by atoms with van der Waals surface area (Å²) >= 11 is 0. The van der Waals surface area contributed by atoms with Crippen LogP contribution in [0.5, 0.6) is 17.2 Å².